The summed E-state index contributed by atoms with van der Waals surface area (Å²) >= 11 is 0. The summed E-state index contributed by atoms with van der Waals surface area (Å²) in [7, 11) is 0. The van der Waals surface area contributed by atoms with Crippen LogP contribution in [0.2, 0.25) is 0 Å². The molecule has 0 saturated heterocycles. The van der Waals surface area contributed by atoms with Crippen molar-refractivity contribution in [1.29, 1.82) is 0 Å². The molecule has 5 nitrogen and oxygen atoms in total. The first kappa shape index (κ1) is 12.3. The molecular weight excluding hydrogens is 228 g/mol. The summed E-state index contributed by atoms with van der Waals surface area (Å²) in [5.74, 6) is 0.366. The molecule has 2 rings (SSSR count). The van der Waals surface area contributed by atoms with Gasteiger partial charge >= 0.3 is 0 Å². The van der Waals surface area contributed by atoms with Gasteiger partial charge in [0.05, 0.1) is 12.2 Å². The molecule has 1 amide bonds. The fourth-order valence-electron chi connectivity index (χ4n) is 1.65. The Hall–Kier alpha value is -2.14. The van der Waals surface area contributed by atoms with Gasteiger partial charge in [-0.3, -0.25) is 9.89 Å². The summed E-state index contributed by atoms with van der Waals surface area (Å²) in [6, 6.07) is 11.1. The lowest BCUT2D eigenvalue weighted by molar-refractivity contribution is -0.117. The monoisotopic (exact) mass is 244 g/mol. The maximum absolute atomic E-state index is 11.7. The van der Waals surface area contributed by atoms with Crippen molar-refractivity contribution < 1.29 is 4.79 Å². The van der Waals surface area contributed by atoms with Gasteiger partial charge in [-0.1, -0.05) is 30.3 Å². The number of H-pyrrole nitrogens is 1. The van der Waals surface area contributed by atoms with E-state index in [1.165, 1.54) is 5.56 Å². The molecule has 2 aromatic rings. The van der Waals surface area contributed by atoms with Crippen molar-refractivity contribution in [3.8, 4) is 0 Å². The molecule has 0 aliphatic rings. The lowest BCUT2D eigenvalue weighted by Gasteiger charge is -2.10. The Balaban J connectivity index is 1.81. The second-order valence-electron chi connectivity index (χ2n) is 4.09. The molecule has 0 fully saturated rings. The molecule has 1 aromatic heterocycles. The Morgan fingerprint density at radius 3 is 2.78 bits per heavy atom. The maximum atomic E-state index is 11.7. The molecule has 18 heavy (non-hydrogen) atoms. The van der Waals surface area contributed by atoms with Crippen LogP contribution in [0.15, 0.2) is 42.6 Å². The highest BCUT2D eigenvalue weighted by Gasteiger charge is 2.13. The number of rotatable bonds is 5. The molecule has 5 heteroatoms. The second-order valence-corrected chi connectivity index (χ2v) is 4.09. The van der Waals surface area contributed by atoms with Crippen LogP contribution in [0.5, 0.6) is 0 Å². The third kappa shape index (κ3) is 3.43. The van der Waals surface area contributed by atoms with Crippen molar-refractivity contribution in [2.75, 3.05) is 5.32 Å². The Kier molecular flexibility index (Phi) is 4.09. The number of anilines is 1. The lowest BCUT2D eigenvalue weighted by Crippen LogP contribution is -2.36. The number of carbonyl (C=O) groups excluding carboxylic acids is 1. The minimum absolute atomic E-state index is 0.199. The largest absolute Gasteiger partial charge is 0.320 e. The SMILES string of the molecule is NC(CCc1ccccc1)C(=O)Nc1ccn[nH]1. The molecule has 0 saturated carbocycles. The van der Waals surface area contributed by atoms with Crippen molar-refractivity contribution in [2.45, 2.75) is 18.9 Å². The number of nitrogens with two attached hydrogens (primary N) is 1. The highest BCUT2D eigenvalue weighted by atomic mass is 16.2. The van der Waals surface area contributed by atoms with Gasteiger partial charge in [0.2, 0.25) is 5.91 Å². The molecule has 0 aliphatic carbocycles. The third-order valence-electron chi connectivity index (χ3n) is 2.68. The van der Waals surface area contributed by atoms with Crippen LogP contribution in [0.4, 0.5) is 5.82 Å². The van der Waals surface area contributed by atoms with Crippen molar-refractivity contribution in [1.82, 2.24) is 10.2 Å². The minimum Gasteiger partial charge on any atom is -0.320 e. The molecule has 4 N–H and O–H groups in total. The first-order chi connectivity index (χ1) is 8.75. The molecule has 0 bridgehead atoms. The van der Waals surface area contributed by atoms with E-state index in [0.717, 1.165) is 6.42 Å². The smallest absolute Gasteiger partial charge is 0.242 e. The van der Waals surface area contributed by atoms with Crippen molar-refractivity contribution in [3.63, 3.8) is 0 Å². The number of nitrogens with zero attached hydrogens (tertiary/aromatic N) is 1. The van der Waals surface area contributed by atoms with Gasteiger partial charge < -0.3 is 11.1 Å². The summed E-state index contributed by atoms with van der Waals surface area (Å²) in [4.78, 5) is 11.7. The number of aromatic amines is 1. The fourth-order valence-corrected chi connectivity index (χ4v) is 1.65. The zero-order chi connectivity index (χ0) is 12.8. The molecular formula is C13H16N4O. The Bertz CT molecular complexity index is 481. The number of amides is 1. The predicted octanol–water partition coefficient (Wildman–Crippen LogP) is 1.31. The first-order valence-corrected chi connectivity index (χ1v) is 5.85. The summed E-state index contributed by atoms with van der Waals surface area (Å²) in [6.07, 6.45) is 2.98. The van der Waals surface area contributed by atoms with E-state index in [-0.39, 0.29) is 5.91 Å². The highest BCUT2D eigenvalue weighted by molar-refractivity contribution is 5.93. The topological polar surface area (TPSA) is 83.8 Å². The molecule has 1 atom stereocenters. The summed E-state index contributed by atoms with van der Waals surface area (Å²) in [5.41, 5.74) is 7.02. The number of hydrogen-bond donors (Lipinski definition) is 3. The van der Waals surface area contributed by atoms with E-state index >= 15 is 0 Å². The third-order valence-corrected chi connectivity index (χ3v) is 2.68. The van der Waals surface area contributed by atoms with Crippen molar-refractivity contribution in [2.24, 2.45) is 5.73 Å². The van der Waals surface area contributed by atoms with Crippen LogP contribution in [0.3, 0.4) is 0 Å². The number of carbonyl (C=O) groups is 1. The average molecular weight is 244 g/mol. The summed E-state index contributed by atoms with van der Waals surface area (Å²) in [6.45, 7) is 0. The van der Waals surface area contributed by atoms with E-state index in [1.54, 1.807) is 12.3 Å². The number of nitrogens with one attached hydrogen (secondary N) is 2. The normalized spacial score (nSPS) is 12.1. The molecule has 1 heterocycles. The average Bonchev–Trinajstić information content (AvgIpc) is 2.90. The zero-order valence-electron chi connectivity index (χ0n) is 9.97. The maximum Gasteiger partial charge on any atom is 0.242 e. The van der Waals surface area contributed by atoms with Gasteiger partial charge in [-0.25, -0.2) is 0 Å². The second kappa shape index (κ2) is 5.97. The van der Waals surface area contributed by atoms with E-state index in [1.807, 2.05) is 30.3 Å². The van der Waals surface area contributed by atoms with Crippen molar-refractivity contribution in [3.05, 3.63) is 48.2 Å². The van der Waals surface area contributed by atoms with Gasteiger partial charge in [0.15, 0.2) is 0 Å². The lowest BCUT2D eigenvalue weighted by atomic mass is 10.1. The van der Waals surface area contributed by atoms with Crippen LogP contribution in [0, 0.1) is 0 Å². The van der Waals surface area contributed by atoms with Crippen LogP contribution in [0.25, 0.3) is 0 Å². The predicted molar refractivity (Wildman–Crippen MR) is 70.0 cm³/mol. The van der Waals surface area contributed by atoms with Crippen molar-refractivity contribution >= 4 is 11.7 Å². The fraction of sp³-hybridized carbons (Fsp3) is 0.231. The quantitative estimate of drug-likeness (QED) is 0.741. The Morgan fingerprint density at radius 1 is 1.33 bits per heavy atom. The Morgan fingerprint density at radius 2 is 2.11 bits per heavy atom. The number of aromatic nitrogens is 2. The molecule has 0 aliphatic heterocycles. The first-order valence-electron chi connectivity index (χ1n) is 5.85. The van der Waals surface area contributed by atoms with Gasteiger partial charge in [0, 0.05) is 6.07 Å². The van der Waals surface area contributed by atoms with Gasteiger partial charge in [-0.05, 0) is 18.4 Å². The molecule has 1 aromatic carbocycles. The number of aryl methyl sites for hydroxylation is 1. The Labute approximate surface area is 105 Å². The summed E-state index contributed by atoms with van der Waals surface area (Å²) < 4.78 is 0. The van der Waals surface area contributed by atoms with E-state index < -0.39 is 6.04 Å². The highest BCUT2D eigenvalue weighted by Crippen LogP contribution is 2.06. The van der Waals surface area contributed by atoms with Gasteiger partial charge in [0.1, 0.15) is 5.82 Å². The molecule has 0 radical (unpaired) electrons. The minimum atomic E-state index is -0.520. The van der Waals surface area contributed by atoms with Crippen LogP contribution in [-0.4, -0.2) is 22.1 Å². The molecule has 0 spiro atoms. The number of benzene rings is 1. The molecule has 1 unspecified atom stereocenters. The van der Waals surface area contributed by atoms with Crippen LogP contribution in [-0.2, 0) is 11.2 Å². The van der Waals surface area contributed by atoms with Crippen LogP contribution in [0.1, 0.15) is 12.0 Å². The summed E-state index contributed by atoms with van der Waals surface area (Å²) in [5, 5.41) is 9.08. The molecule has 94 valence electrons. The standard InChI is InChI=1S/C13H16N4O/c14-11(7-6-10-4-2-1-3-5-10)13(18)16-12-8-9-15-17-12/h1-5,8-9,11H,6-7,14H2,(H2,15,16,17,18). The van der Waals surface area contributed by atoms with Crippen LogP contribution < -0.4 is 11.1 Å². The van der Waals surface area contributed by atoms with E-state index in [4.69, 9.17) is 5.73 Å². The number of hydrogen-bond acceptors (Lipinski definition) is 3. The zero-order valence-corrected chi connectivity index (χ0v) is 9.97. The van der Waals surface area contributed by atoms with Crippen LogP contribution >= 0.6 is 0 Å². The van der Waals surface area contributed by atoms with Gasteiger partial charge in [-0.15, -0.1) is 0 Å². The van der Waals surface area contributed by atoms with Gasteiger partial charge in [-0.2, -0.15) is 5.10 Å². The van der Waals surface area contributed by atoms with E-state index in [9.17, 15) is 4.79 Å². The van der Waals surface area contributed by atoms with E-state index in [0.29, 0.717) is 12.2 Å². The van der Waals surface area contributed by atoms with E-state index in [2.05, 4.69) is 15.5 Å². The van der Waals surface area contributed by atoms with Gasteiger partial charge in [0.25, 0.3) is 0 Å².